The zero-order chi connectivity index (χ0) is 27.2. The molecule has 1 fully saturated rings. The predicted octanol–water partition coefficient (Wildman–Crippen LogP) is 5.76. The number of ether oxygens (including phenoxy) is 1. The van der Waals surface area contributed by atoms with Crippen LogP contribution in [0.5, 0.6) is 5.75 Å². The van der Waals surface area contributed by atoms with Crippen molar-refractivity contribution in [3.05, 3.63) is 48.0 Å². The molecule has 1 aliphatic carbocycles. The number of hydrogen-bond donors (Lipinski definition) is 2. The van der Waals surface area contributed by atoms with Crippen molar-refractivity contribution in [3.8, 4) is 5.75 Å². The molecule has 200 valence electrons. The van der Waals surface area contributed by atoms with Crippen LogP contribution in [-0.4, -0.2) is 36.5 Å². The molecule has 8 nitrogen and oxygen atoms in total. The molecule has 0 saturated heterocycles. The number of nitrogens with one attached hydrogen (secondary N) is 2. The van der Waals surface area contributed by atoms with Gasteiger partial charge in [0.2, 0.25) is 16.0 Å². The van der Waals surface area contributed by atoms with Crippen molar-refractivity contribution in [2.24, 2.45) is 11.3 Å². The van der Waals surface area contributed by atoms with Crippen LogP contribution in [0.4, 0.5) is 24.8 Å². The highest BCUT2D eigenvalue weighted by atomic mass is 32.2. The molecule has 3 aromatic rings. The lowest BCUT2D eigenvalue weighted by Gasteiger charge is -2.40. The van der Waals surface area contributed by atoms with E-state index in [-0.39, 0.29) is 22.8 Å². The van der Waals surface area contributed by atoms with E-state index in [4.69, 9.17) is 0 Å². The Labute approximate surface area is 213 Å². The van der Waals surface area contributed by atoms with Crippen molar-refractivity contribution in [1.82, 2.24) is 14.3 Å². The SMILES string of the molecule is CC1CC(n2c(Nc3ccc(OC(F)(F)F)cc3)nc3cc(C(=O)NS(C)(=O)=O)ccc32)CC(C)(C)C1. The number of nitrogens with zero attached hydrogens (tertiary/aromatic N) is 2. The van der Waals surface area contributed by atoms with Crippen LogP contribution in [0.15, 0.2) is 42.5 Å². The van der Waals surface area contributed by atoms with E-state index in [1.165, 1.54) is 30.3 Å². The standard InChI is InChI=1S/C25H29F3N4O4S/c1-15-11-18(14-24(2,3)13-15)32-21-10-5-16(22(33)31-37(4,34)35)12-20(21)30-23(32)29-17-6-8-19(9-7-17)36-25(26,27)28/h5-10,12,15,18H,11,13-14H2,1-4H3,(H,29,30)(H,31,33). The molecule has 0 bridgehead atoms. The van der Waals surface area contributed by atoms with Gasteiger partial charge in [-0.1, -0.05) is 20.8 Å². The molecule has 1 saturated carbocycles. The third-order valence-corrected chi connectivity index (χ3v) is 6.86. The fourth-order valence-electron chi connectivity index (χ4n) is 5.29. The molecule has 2 aromatic carbocycles. The summed E-state index contributed by atoms with van der Waals surface area (Å²) in [6.45, 7) is 6.64. The van der Waals surface area contributed by atoms with E-state index in [0.29, 0.717) is 23.1 Å². The molecule has 0 aliphatic heterocycles. The Kier molecular flexibility index (Phi) is 6.91. The van der Waals surface area contributed by atoms with Crippen LogP contribution in [-0.2, 0) is 10.0 Å². The van der Waals surface area contributed by atoms with Gasteiger partial charge in [-0.15, -0.1) is 13.2 Å². The van der Waals surface area contributed by atoms with Crippen LogP contribution in [0.25, 0.3) is 11.0 Å². The lowest BCUT2D eigenvalue weighted by Crippen LogP contribution is -2.30. The number of fused-ring (bicyclic) bond motifs is 1. The summed E-state index contributed by atoms with van der Waals surface area (Å²) in [5.41, 5.74) is 1.97. The van der Waals surface area contributed by atoms with Gasteiger partial charge in [-0.25, -0.2) is 18.1 Å². The summed E-state index contributed by atoms with van der Waals surface area (Å²) in [4.78, 5) is 17.1. The minimum Gasteiger partial charge on any atom is -0.406 e. The minimum absolute atomic E-state index is 0.0785. The topological polar surface area (TPSA) is 102 Å². The lowest BCUT2D eigenvalue weighted by molar-refractivity contribution is -0.274. The van der Waals surface area contributed by atoms with E-state index in [9.17, 15) is 26.4 Å². The van der Waals surface area contributed by atoms with Crippen LogP contribution < -0.4 is 14.8 Å². The van der Waals surface area contributed by atoms with Crippen LogP contribution in [0.3, 0.4) is 0 Å². The van der Waals surface area contributed by atoms with Gasteiger partial charge < -0.3 is 14.6 Å². The fourth-order valence-corrected chi connectivity index (χ4v) is 5.74. The van der Waals surface area contributed by atoms with E-state index < -0.39 is 22.3 Å². The van der Waals surface area contributed by atoms with Gasteiger partial charge in [0.05, 0.1) is 17.3 Å². The predicted molar refractivity (Wildman–Crippen MR) is 134 cm³/mol. The summed E-state index contributed by atoms with van der Waals surface area (Å²) in [6, 6.07) is 10.2. The second kappa shape index (κ2) is 9.55. The Bertz CT molecular complexity index is 1420. The van der Waals surface area contributed by atoms with E-state index in [2.05, 4.69) is 40.4 Å². The van der Waals surface area contributed by atoms with Crippen molar-refractivity contribution >= 4 is 38.6 Å². The molecule has 37 heavy (non-hydrogen) atoms. The average Bonchev–Trinajstić information content (AvgIpc) is 3.08. The largest absolute Gasteiger partial charge is 0.573 e. The summed E-state index contributed by atoms with van der Waals surface area (Å²) in [7, 11) is -3.74. The van der Waals surface area contributed by atoms with Gasteiger partial charge in [-0.3, -0.25) is 4.79 Å². The number of alkyl halides is 3. The molecule has 4 rings (SSSR count). The van der Waals surface area contributed by atoms with Crippen molar-refractivity contribution < 1.29 is 31.1 Å². The minimum atomic E-state index is -4.78. The Morgan fingerprint density at radius 3 is 2.41 bits per heavy atom. The van der Waals surface area contributed by atoms with Gasteiger partial charge in [0, 0.05) is 17.3 Å². The number of amides is 1. The van der Waals surface area contributed by atoms with Crippen molar-refractivity contribution in [1.29, 1.82) is 0 Å². The number of halogens is 3. The highest BCUT2D eigenvalue weighted by Gasteiger charge is 2.35. The fraction of sp³-hybridized carbons (Fsp3) is 0.440. The third kappa shape index (κ3) is 6.73. The van der Waals surface area contributed by atoms with E-state index in [1.54, 1.807) is 12.1 Å². The molecular weight excluding hydrogens is 509 g/mol. The van der Waals surface area contributed by atoms with Gasteiger partial charge in [0.15, 0.2) is 0 Å². The van der Waals surface area contributed by atoms with Crippen LogP contribution in [0.2, 0.25) is 0 Å². The first-order chi connectivity index (χ1) is 17.1. The van der Waals surface area contributed by atoms with Crippen molar-refractivity contribution in [2.45, 2.75) is 52.4 Å². The average molecular weight is 539 g/mol. The number of carbonyl (C=O) groups excluding carboxylic acids is 1. The molecular formula is C25H29F3N4O4S. The zero-order valence-electron chi connectivity index (χ0n) is 20.9. The smallest absolute Gasteiger partial charge is 0.406 e. The summed E-state index contributed by atoms with van der Waals surface area (Å²) < 4.78 is 68.6. The Balaban J connectivity index is 1.74. The molecule has 1 aliphatic rings. The zero-order valence-corrected chi connectivity index (χ0v) is 21.7. The molecule has 1 amide bonds. The summed E-state index contributed by atoms with van der Waals surface area (Å²) in [6.07, 6.45) is -1.02. The van der Waals surface area contributed by atoms with Crippen LogP contribution >= 0.6 is 0 Å². The normalized spacial score (nSPS) is 20.0. The first-order valence-corrected chi connectivity index (χ1v) is 13.6. The summed E-state index contributed by atoms with van der Waals surface area (Å²) in [5.74, 6) is -0.176. The number of benzene rings is 2. The second-order valence-corrected chi connectivity index (χ2v) is 12.2. The number of sulfonamides is 1. The number of anilines is 2. The van der Waals surface area contributed by atoms with Crippen LogP contribution in [0, 0.1) is 11.3 Å². The Morgan fingerprint density at radius 2 is 1.81 bits per heavy atom. The van der Waals surface area contributed by atoms with Gasteiger partial charge in [-0.2, -0.15) is 0 Å². The maximum Gasteiger partial charge on any atom is 0.573 e. The van der Waals surface area contributed by atoms with Crippen molar-refractivity contribution in [2.75, 3.05) is 11.6 Å². The third-order valence-electron chi connectivity index (χ3n) is 6.30. The molecule has 1 heterocycles. The Hall–Kier alpha value is -3.28. The molecule has 2 N–H and O–H groups in total. The van der Waals surface area contributed by atoms with Crippen molar-refractivity contribution in [3.63, 3.8) is 0 Å². The van der Waals surface area contributed by atoms with E-state index >= 15 is 0 Å². The van der Waals surface area contributed by atoms with E-state index in [0.717, 1.165) is 31.0 Å². The number of hydrogen-bond acceptors (Lipinski definition) is 6. The van der Waals surface area contributed by atoms with Gasteiger partial charge in [0.1, 0.15) is 5.75 Å². The first kappa shape index (κ1) is 26.8. The lowest BCUT2D eigenvalue weighted by atomic mass is 9.70. The number of rotatable bonds is 6. The van der Waals surface area contributed by atoms with Gasteiger partial charge in [-0.05, 0) is 73.1 Å². The second-order valence-electron chi connectivity index (χ2n) is 10.5. The summed E-state index contributed by atoms with van der Waals surface area (Å²) in [5, 5.41) is 3.20. The summed E-state index contributed by atoms with van der Waals surface area (Å²) >= 11 is 0. The van der Waals surface area contributed by atoms with Gasteiger partial charge >= 0.3 is 6.36 Å². The number of carbonyl (C=O) groups is 1. The molecule has 0 spiro atoms. The molecule has 12 heteroatoms. The quantitative estimate of drug-likeness (QED) is 0.414. The highest BCUT2D eigenvalue weighted by molar-refractivity contribution is 7.89. The van der Waals surface area contributed by atoms with Crippen LogP contribution in [0.1, 0.15) is 56.4 Å². The molecule has 1 aromatic heterocycles. The van der Waals surface area contributed by atoms with E-state index in [1.807, 2.05) is 4.72 Å². The Morgan fingerprint density at radius 1 is 1.14 bits per heavy atom. The molecule has 2 unspecified atom stereocenters. The monoisotopic (exact) mass is 538 g/mol. The number of aromatic nitrogens is 2. The maximum atomic E-state index is 12.5. The molecule has 2 atom stereocenters. The first-order valence-electron chi connectivity index (χ1n) is 11.8. The molecule has 0 radical (unpaired) electrons. The van der Waals surface area contributed by atoms with Gasteiger partial charge in [0.25, 0.3) is 5.91 Å². The number of imidazole rings is 1. The maximum absolute atomic E-state index is 12.5. The highest BCUT2D eigenvalue weighted by Crippen LogP contribution is 2.46.